The number of piperidine rings is 1. The molecule has 1 saturated heterocycles. The molecule has 130 valence electrons. The number of ether oxygens (including phenoxy) is 1. The van der Waals surface area contributed by atoms with E-state index in [0.717, 1.165) is 36.5 Å². The van der Waals surface area contributed by atoms with Crippen molar-refractivity contribution in [3.8, 4) is 5.75 Å². The molecule has 2 aliphatic rings. The molecule has 2 aromatic carbocycles. The number of hydrogen-bond acceptors (Lipinski definition) is 3. The average molecular weight is 336 g/mol. The zero-order valence-corrected chi connectivity index (χ0v) is 14.4. The molecule has 2 aromatic rings. The van der Waals surface area contributed by atoms with Gasteiger partial charge in [-0.15, -0.1) is 0 Å². The molecular weight excluding hydrogens is 312 g/mol. The molecule has 4 rings (SSSR count). The van der Waals surface area contributed by atoms with Crippen LogP contribution < -0.4 is 15.0 Å². The number of rotatable bonds is 3. The van der Waals surface area contributed by atoms with Gasteiger partial charge in [-0.25, -0.2) is 0 Å². The largest absolute Gasteiger partial charge is 0.492 e. The molecule has 0 bridgehead atoms. The van der Waals surface area contributed by atoms with Crippen LogP contribution in [0.1, 0.15) is 24.8 Å². The third kappa shape index (κ3) is 3.63. The van der Waals surface area contributed by atoms with Gasteiger partial charge in [-0.2, -0.15) is 0 Å². The number of nitrogens with zero attached hydrogens (tertiary/aromatic N) is 1. The number of amides is 1. The SMILES string of the molecule is O=C(Nc1ccc(N2CCCCC2)cc1)[C@H]1COc2ccccc2C1. The van der Waals surface area contributed by atoms with Gasteiger partial charge in [0, 0.05) is 24.5 Å². The molecule has 0 saturated carbocycles. The van der Waals surface area contributed by atoms with Crippen LogP contribution in [-0.4, -0.2) is 25.6 Å². The Bertz CT molecular complexity index is 736. The molecule has 2 heterocycles. The van der Waals surface area contributed by atoms with Crippen LogP contribution in [0.3, 0.4) is 0 Å². The van der Waals surface area contributed by atoms with Gasteiger partial charge in [0.05, 0.1) is 5.92 Å². The van der Waals surface area contributed by atoms with E-state index in [9.17, 15) is 4.79 Å². The van der Waals surface area contributed by atoms with Crippen molar-refractivity contribution in [1.29, 1.82) is 0 Å². The second-order valence-electron chi connectivity index (χ2n) is 6.90. The molecule has 4 heteroatoms. The van der Waals surface area contributed by atoms with E-state index in [1.807, 2.05) is 36.4 Å². The highest BCUT2D eigenvalue weighted by molar-refractivity contribution is 5.93. The van der Waals surface area contributed by atoms with Crippen LogP contribution in [0.4, 0.5) is 11.4 Å². The van der Waals surface area contributed by atoms with E-state index in [1.165, 1.54) is 24.9 Å². The first-order valence-electron chi connectivity index (χ1n) is 9.16. The lowest BCUT2D eigenvalue weighted by atomic mass is 9.96. The van der Waals surface area contributed by atoms with Crippen molar-refractivity contribution in [2.24, 2.45) is 5.92 Å². The first-order valence-corrected chi connectivity index (χ1v) is 9.16. The Labute approximate surface area is 148 Å². The normalized spacial score (nSPS) is 19.7. The van der Waals surface area contributed by atoms with Crippen molar-refractivity contribution in [2.45, 2.75) is 25.7 Å². The van der Waals surface area contributed by atoms with Gasteiger partial charge in [0.15, 0.2) is 0 Å². The first-order chi connectivity index (χ1) is 12.3. The number of para-hydroxylation sites is 1. The highest BCUT2D eigenvalue weighted by Gasteiger charge is 2.25. The summed E-state index contributed by atoms with van der Waals surface area (Å²) in [6, 6.07) is 16.1. The second-order valence-corrected chi connectivity index (χ2v) is 6.90. The third-order valence-corrected chi connectivity index (χ3v) is 5.11. The molecular formula is C21H24N2O2. The summed E-state index contributed by atoms with van der Waals surface area (Å²) in [6.45, 7) is 2.70. The van der Waals surface area contributed by atoms with Gasteiger partial charge in [0.25, 0.3) is 0 Å². The van der Waals surface area contributed by atoms with E-state index in [0.29, 0.717) is 6.61 Å². The Morgan fingerprint density at radius 3 is 2.56 bits per heavy atom. The number of fused-ring (bicyclic) bond motifs is 1. The summed E-state index contributed by atoms with van der Waals surface area (Å²) in [5, 5.41) is 3.04. The second kappa shape index (κ2) is 7.18. The summed E-state index contributed by atoms with van der Waals surface area (Å²) in [5.41, 5.74) is 3.20. The number of carbonyl (C=O) groups is 1. The lowest BCUT2D eigenvalue weighted by Gasteiger charge is -2.29. The maximum atomic E-state index is 12.6. The fourth-order valence-corrected chi connectivity index (χ4v) is 3.65. The summed E-state index contributed by atoms with van der Waals surface area (Å²) in [5.74, 6) is 0.786. The van der Waals surface area contributed by atoms with Gasteiger partial charge in [0.1, 0.15) is 12.4 Å². The fraction of sp³-hybridized carbons (Fsp3) is 0.381. The fourth-order valence-electron chi connectivity index (χ4n) is 3.65. The monoisotopic (exact) mass is 336 g/mol. The summed E-state index contributed by atoms with van der Waals surface area (Å²) in [7, 11) is 0. The van der Waals surface area contributed by atoms with Crippen LogP contribution in [0.25, 0.3) is 0 Å². The number of hydrogen-bond donors (Lipinski definition) is 1. The van der Waals surface area contributed by atoms with Crippen LogP contribution in [0.5, 0.6) is 5.75 Å². The Kier molecular flexibility index (Phi) is 4.59. The van der Waals surface area contributed by atoms with Crippen molar-refractivity contribution >= 4 is 17.3 Å². The summed E-state index contributed by atoms with van der Waals surface area (Å²) >= 11 is 0. The van der Waals surface area contributed by atoms with Gasteiger partial charge < -0.3 is 15.0 Å². The Morgan fingerprint density at radius 1 is 1.00 bits per heavy atom. The molecule has 1 amide bonds. The topological polar surface area (TPSA) is 41.6 Å². The smallest absolute Gasteiger partial charge is 0.231 e. The van der Waals surface area contributed by atoms with Crippen LogP contribution in [0, 0.1) is 5.92 Å². The summed E-state index contributed by atoms with van der Waals surface area (Å²) in [6.07, 6.45) is 4.59. The molecule has 2 aliphatic heterocycles. The Hall–Kier alpha value is -2.49. The van der Waals surface area contributed by atoms with Crippen LogP contribution in [0.15, 0.2) is 48.5 Å². The maximum absolute atomic E-state index is 12.6. The van der Waals surface area contributed by atoms with E-state index in [2.05, 4.69) is 22.3 Å². The highest BCUT2D eigenvalue weighted by atomic mass is 16.5. The Morgan fingerprint density at radius 2 is 1.76 bits per heavy atom. The quantitative estimate of drug-likeness (QED) is 0.925. The van der Waals surface area contributed by atoms with E-state index in [1.54, 1.807) is 0 Å². The van der Waals surface area contributed by atoms with Crippen LogP contribution in [0.2, 0.25) is 0 Å². The van der Waals surface area contributed by atoms with Crippen molar-refractivity contribution in [1.82, 2.24) is 0 Å². The zero-order valence-electron chi connectivity index (χ0n) is 14.4. The molecule has 1 atom stereocenters. The van der Waals surface area contributed by atoms with Gasteiger partial charge in [-0.05, 0) is 61.6 Å². The first kappa shape index (κ1) is 16.0. The summed E-state index contributed by atoms with van der Waals surface area (Å²) in [4.78, 5) is 15.0. The molecule has 0 aromatic heterocycles. The average Bonchev–Trinajstić information content (AvgIpc) is 2.69. The predicted molar refractivity (Wildman–Crippen MR) is 100 cm³/mol. The van der Waals surface area contributed by atoms with Crippen LogP contribution >= 0.6 is 0 Å². The summed E-state index contributed by atoms with van der Waals surface area (Å²) < 4.78 is 5.73. The molecule has 1 fully saturated rings. The van der Waals surface area contributed by atoms with Crippen molar-refractivity contribution in [2.75, 3.05) is 29.9 Å². The van der Waals surface area contributed by atoms with Crippen LogP contribution in [-0.2, 0) is 11.2 Å². The van der Waals surface area contributed by atoms with Crippen molar-refractivity contribution in [3.05, 3.63) is 54.1 Å². The maximum Gasteiger partial charge on any atom is 0.231 e. The minimum absolute atomic E-state index is 0.0280. The molecule has 0 radical (unpaired) electrons. The van der Waals surface area contributed by atoms with Gasteiger partial charge >= 0.3 is 0 Å². The number of benzene rings is 2. The molecule has 4 nitrogen and oxygen atoms in total. The Balaban J connectivity index is 1.38. The lowest BCUT2D eigenvalue weighted by molar-refractivity contribution is -0.121. The van der Waals surface area contributed by atoms with E-state index in [4.69, 9.17) is 4.74 Å². The lowest BCUT2D eigenvalue weighted by Crippen LogP contribution is -2.32. The van der Waals surface area contributed by atoms with Gasteiger partial charge in [-0.1, -0.05) is 18.2 Å². The number of nitrogens with one attached hydrogen (secondary N) is 1. The minimum atomic E-state index is -0.142. The highest BCUT2D eigenvalue weighted by Crippen LogP contribution is 2.28. The van der Waals surface area contributed by atoms with E-state index < -0.39 is 0 Å². The predicted octanol–water partition coefficient (Wildman–Crippen LogP) is 3.87. The van der Waals surface area contributed by atoms with Gasteiger partial charge in [-0.3, -0.25) is 4.79 Å². The molecule has 0 spiro atoms. The standard InChI is InChI=1S/C21H24N2O2/c24-21(17-14-16-6-2-3-7-20(16)25-15-17)22-18-8-10-19(11-9-18)23-12-4-1-5-13-23/h2-3,6-11,17H,1,4-5,12-15H2,(H,22,24)/t17-/m1/s1. The molecule has 25 heavy (non-hydrogen) atoms. The van der Waals surface area contributed by atoms with E-state index in [-0.39, 0.29) is 11.8 Å². The van der Waals surface area contributed by atoms with Gasteiger partial charge in [0.2, 0.25) is 5.91 Å². The molecule has 0 unspecified atom stereocenters. The number of carbonyl (C=O) groups excluding carboxylic acids is 1. The van der Waals surface area contributed by atoms with E-state index >= 15 is 0 Å². The molecule has 1 N–H and O–H groups in total. The third-order valence-electron chi connectivity index (χ3n) is 5.11. The molecule has 0 aliphatic carbocycles. The zero-order chi connectivity index (χ0) is 17.1. The minimum Gasteiger partial charge on any atom is -0.492 e. The van der Waals surface area contributed by atoms with Crippen molar-refractivity contribution < 1.29 is 9.53 Å². The number of anilines is 2. The van der Waals surface area contributed by atoms with Crippen molar-refractivity contribution in [3.63, 3.8) is 0 Å².